The zero-order valence-corrected chi connectivity index (χ0v) is 19.8. The Morgan fingerprint density at radius 3 is 2.16 bits per heavy atom. The molecule has 3 aromatic carbocycles. The lowest BCUT2D eigenvalue weighted by Crippen LogP contribution is -2.33. The van der Waals surface area contributed by atoms with Gasteiger partial charge in [-0.1, -0.05) is 12.1 Å². The summed E-state index contributed by atoms with van der Waals surface area (Å²) in [5, 5.41) is 17.5. The van der Waals surface area contributed by atoms with Gasteiger partial charge in [0.2, 0.25) is 0 Å². The third-order valence-corrected chi connectivity index (χ3v) is 4.67. The highest BCUT2D eigenvalue weighted by Crippen LogP contribution is 2.20. The lowest BCUT2D eigenvalue weighted by molar-refractivity contribution is -0.139. The van der Waals surface area contributed by atoms with Gasteiger partial charge in [0.05, 0.1) is 24.1 Å². The van der Waals surface area contributed by atoms with E-state index in [4.69, 9.17) is 14.6 Å². The predicted molar refractivity (Wildman–Crippen MR) is 136 cm³/mol. The molecule has 0 spiro atoms. The molecule has 0 fully saturated rings. The summed E-state index contributed by atoms with van der Waals surface area (Å²) < 4.78 is 10.4. The van der Waals surface area contributed by atoms with Gasteiger partial charge >= 0.3 is 17.8 Å². The number of rotatable bonds is 10. The zero-order valence-electron chi connectivity index (χ0n) is 19.8. The van der Waals surface area contributed by atoms with E-state index in [1.54, 1.807) is 48.5 Å². The summed E-state index contributed by atoms with van der Waals surface area (Å²) in [5.74, 6) is -2.61. The first kappa shape index (κ1) is 26.4. The van der Waals surface area contributed by atoms with Gasteiger partial charge in [0.15, 0.2) is 6.61 Å². The van der Waals surface area contributed by atoms with E-state index in [9.17, 15) is 19.2 Å². The Labute approximate surface area is 212 Å². The fraction of sp³-hybridized carbons (Fsp3) is 0.115. The molecule has 0 bridgehead atoms. The third kappa shape index (κ3) is 8.21. The number of amides is 3. The number of nitrogens with one attached hydrogen (secondary N) is 3. The number of benzene rings is 3. The van der Waals surface area contributed by atoms with Gasteiger partial charge in [-0.05, 0) is 73.2 Å². The van der Waals surface area contributed by atoms with E-state index in [1.807, 2.05) is 6.92 Å². The first-order chi connectivity index (χ1) is 17.9. The molecule has 37 heavy (non-hydrogen) atoms. The van der Waals surface area contributed by atoms with Gasteiger partial charge in [-0.25, -0.2) is 10.2 Å². The second kappa shape index (κ2) is 13.0. The number of carboxylic acid groups (broad SMARTS) is 1. The van der Waals surface area contributed by atoms with E-state index in [2.05, 4.69) is 21.2 Å². The van der Waals surface area contributed by atoms with Gasteiger partial charge in [-0.3, -0.25) is 14.4 Å². The molecule has 3 aromatic rings. The van der Waals surface area contributed by atoms with Crippen molar-refractivity contribution in [3.8, 4) is 11.5 Å². The van der Waals surface area contributed by atoms with E-state index in [1.165, 1.54) is 30.5 Å². The highest BCUT2D eigenvalue weighted by atomic mass is 16.5. The van der Waals surface area contributed by atoms with E-state index < -0.39 is 30.3 Å². The van der Waals surface area contributed by atoms with Crippen LogP contribution in [0.15, 0.2) is 77.9 Å². The van der Waals surface area contributed by atoms with Crippen LogP contribution in [0.25, 0.3) is 0 Å². The molecule has 190 valence electrons. The van der Waals surface area contributed by atoms with Crippen LogP contribution in [0.1, 0.15) is 22.8 Å². The summed E-state index contributed by atoms with van der Waals surface area (Å²) in [6, 6.07) is 19.3. The SMILES string of the molecule is CCOc1ccc(NC(=O)c2ccccc2NC(=O)C(=O)N/N=C/c2ccc(OCC(=O)O)cc2)cc1. The van der Waals surface area contributed by atoms with Gasteiger partial charge in [-0.15, -0.1) is 0 Å². The van der Waals surface area contributed by atoms with Crippen molar-refractivity contribution < 1.29 is 33.8 Å². The molecule has 0 radical (unpaired) electrons. The zero-order chi connectivity index (χ0) is 26.6. The Balaban J connectivity index is 1.56. The number of para-hydroxylation sites is 1. The van der Waals surface area contributed by atoms with Crippen LogP contribution in [0.2, 0.25) is 0 Å². The molecule has 4 N–H and O–H groups in total. The van der Waals surface area contributed by atoms with Gasteiger partial charge in [-0.2, -0.15) is 5.10 Å². The molecule has 11 nitrogen and oxygen atoms in total. The largest absolute Gasteiger partial charge is 0.494 e. The van der Waals surface area contributed by atoms with E-state index in [0.717, 1.165) is 0 Å². The summed E-state index contributed by atoms with van der Waals surface area (Å²) in [7, 11) is 0. The molecule has 0 heterocycles. The van der Waals surface area contributed by atoms with Crippen LogP contribution in [-0.4, -0.2) is 48.2 Å². The molecule has 3 amide bonds. The number of carbonyl (C=O) groups is 4. The van der Waals surface area contributed by atoms with Crippen molar-refractivity contribution in [3.63, 3.8) is 0 Å². The Morgan fingerprint density at radius 1 is 0.838 bits per heavy atom. The normalized spacial score (nSPS) is 10.4. The van der Waals surface area contributed by atoms with Crippen LogP contribution in [0.3, 0.4) is 0 Å². The lowest BCUT2D eigenvalue weighted by Gasteiger charge is -2.11. The minimum absolute atomic E-state index is 0.145. The molecule has 0 aromatic heterocycles. The maximum Gasteiger partial charge on any atom is 0.341 e. The topological polar surface area (TPSA) is 155 Å². The van der Waals surface area contributed by atoms with Gasteiger partial charge < -0.3 is 25.2 Å². The van der Waals surface area contributed by atoms with E-state index in [0.29, 0.717) is 29.4 Å². The number of anilines is 2. The fourth-order valence-corrected chi connectivity index (χ4v) is 2.98. The predicted octanol–water partition coefficient (Wildman–Crippen LogP) is 2.89. The summed E-state index contributed by atoms with van der Waals surface area (Å²) in [4.78, 5) is 47.8. The Bertz CT molecular complexity index is 1290. The highest BCUT2D eigenvalue weighted by Gasteiger charge is 2.18. The van der Waals surface area contributed by atoms with Crippen molar-refractivity contribution in [2.45, 2.75) is 6.92 Å². The number of ether oxygens (including phenoxy) is 2. The van der Waals surface area contributed by atoms with Crippen molar-refractivity contribution in [3.05, 3.63) is 83.9 Å². The number of carboxylic acids is 1. The van der Waals surface area contributed by atoms with E-state index >= 15 is 0 Å². The quantitative estimate of drug-likeness (QED) is 0.188. The smallest absolute Gasteiger partial charge is 0.341 e. The molecule has 3 rings (SSSR count). The maximum atomic E-state index is 12.8. The average molecular weight is 504 g/mol. The van der Waals surface area contributed by atoms with Crippen molar-refractivity contribution in [2.75, 3.05) is 23.8 Å². The number of hydrazone groups is 1. The van der Waals surface area contributed by atoms with Gasteiger partial charge in [0.25, 0.3) is 5.91 Å². The Morgan fingerprint density at radius 2 is 1.49 bits per heavy atom. The lowest BCUT2D eigenvalue weighted by atomic mass is 10.1. The van der Waals surface area contributed by atoms with Crippen LogP contribution >= 0.6 is 0 Å². The molecular formula is C26H24N4O7. The second-order valence-corrected chi connectivity index (χ2v) is 7.36. The van der Waals surface area contributed by atoms with Crippen LogP contribution in [0, 0.1) is 0 Å². The van der Waals surface area contributed by atoms with Gasteiger partial charge in [0.1, 0.15) is 11.5 Å². The molecule has 0 unspecified atom stereocenters. The molecule has 11 heteroatoms. The Kier molecular flexibility index (Phi) is 9.31. The number of hydrogen-bond donors (Lipinski definition) is 4. The number of nitrogens with zero attached hydrogens (tertiary/aromatic N) is 1. The van der Waals surface area contributed by atoms with Crippen molar-refractivity contribution >= 4 is 41.3 Å². The first-order valence-electron chi connectivity index (χ1n) is 11.1. The van der Waals surface area contributed by atoms with Crippen LogP contribution in [0.5, 0.6) is 11.5 Å². The summed E-state index contributed by atoms with van der Waals surface area (Å²) >= 11 is 0. The second-order valence-electron chi connectivity index (χ2n) is 7.36. The number of aliphatic carboxylic acids is 1. The third-order valence-electron chi connectivity index (χ3n) is 4.67. The summed E-state index contributed by atoms with van der Waals surface area (Å²) in [5.41, 5.74) is 3.51. The van der Waals surface area contributed by atoms with Crippen molar-refractivity contribution in [1.29, 1.82) is 0 Å². The molecule has 0 saturated carbocycles. The average Bonchev–Trinajstić information content (AvgIpc) is 2.89. The van der Waals surface area contributed by atoms with Crippen LogP contribution < -0.4 is 25.5 Å². The van der Waals surface area contributed by atoms with Crippen LogP contribution in [0.4, 0.5) is 11.4 Å². The van der Waals surface area contributed by atoms with Crippen molar-refractivity contribution in [1.82, 2.24) is 5.43 Å². The van der Waals surface area contributed by atoms with Crippen molar-refractivity contribution in [2.24, 2.45) is 5.10 Å². The summed E-state index contributed by atoms with van der Waals surface area (Å²) in [6.45, 7) is 1.93. The highest BCUT2D eigenvalue weighted by molar-refractivity contribution is 6.40. The fourth-order valence-electron chi connectivity index (χ4n) is 2.98. The molecule has 0 saturated heterocycles. The standard InChI is InChI=1S/C26H24N4O7/c1-2-36-19-13-9-18(10-14-19)28-24(33)21-5-3-4-6-22(21)29-25(34)26(35)30-27-15-17-7-11-20(12-8-17)37-16-23(31)32/h3-15H,2,16H2,1H3,(H,28,33)(H,29,34)(H,30,35)(H,31,32)/b27-15+. The maximum absolute atomic E-state index is 12.8. The summed E-state index contributed by atoms with van der Waals surface area (Å²) in [6.07, 6.45) is 1.30. The van der Waals surface area contributed by atoms with Gasteiger partial charge in [0, 0.05) is 5.69 Å². The monoisotopic (exact) mass is 504 g/mol. The number of hydrogen-bond acceptors (Lipinski definition) is 7. The minimum atomic E-state index is -1.09. The first-order valence-corrected chi connectivity index (χ1v) is 11.1. The van der Waals surface area contributed by atoms with E-state index in [-0.39, 0.29) is 11.3 Å². The molecule has 0 aliphatic heterocycles. The minimum Gasteiger partial charge on any atom is -0.494 e. The molecule has 0 aliphatic carbocycles. The number of carbonyl (C=O) groups excluding carboxylic acids is 3. The molecular weight excluding hydrogens is 480 g/mol. The molecule has 0 atom stereocenters. The molecule has 0 aliphatic rings. The van der Waals surface area contributed by atoms with Crippen LogP contribution in [-0.2, 0) is 14.4 Å². The Hall–Kier alpha value is -5.19.